The molecule has 1 saturated heterocycles. The molecule has 0 amide bonds. The van der Waals surface area contributed by atoms with Gasteiger partial charge in [-0.15, -0.1) is 0 Å². The Kier molecular flexibility index (Phi) is 4.51. The summed E-state index contributed by atoms with van der Waals surface area (Å²) in [4.78, 5) is 17.5. The highest BCUT2D eigenvalue weighted by Crippen LogP contribution is 2.45. The molecule has 1 aliphatic carbocycles. The van der Waals surface area contributed by atoms with Gasteiger partial charge in [-0.1, -0.05) is 18.2 Å². The molecule has 0 radical (unpaired) electrons. The Balaban J connectivity index is 1.42. The molecule has 4 aromatic rings. The van der Waals surface area contributed by atoms with Crippen LogP contribution < -0.4 is 15.4 Å². The second-order valence-electron chi connectivity index (χ2n) is 8.45. The number of aromatic nitrogens is 4. The number of pyridine rings is 2. The Hall–Kier alpha value is -3.23. The highest BCUT2D eigenvalue weighted by atomic mass is 32.2. The molecule has 0 spiro atoms. The normalized spacial score (nSPS) is 15.0. The van der Waals surface area contributed by atoms with Crippen LogP contribution in [0.15, 0.2) is 58.8 Å². The van der Waals surface area contributed by atoms with E-state index in [-0.39, 0.29) is 0 Å². The van der Waals surface area contributed by atoms with Crippen LogP contribution in [0.5, 0.6) is 0 Å². The Labute approximate surface area is 189 Å². The maximum atomic E-state index is 12.2. The molecular weight excluding hydrogens is 420 g/mol. The first-order valence-corrected chi connectivity index (χ1v) is 11.5. The summed E-state index contributed by atoms with van der Waals surface area (Å²) in [5.74, 6) is 1.49. The van der Waals surface area contributed by atoms with Gasteiger partial charge in [0.2, 0.25) is 5.52 Å². The van der Waals surface area contributed by atoms with Crippen LogP contribution in [0.25, 0.3) is 22.2 Å². The fourth-order valence-corrected chi connectivity index (χ4v) is 5.36. The third kappa shape index (κ3) is 3.10. The first-order valence-electron chi connectivity index (χ1n) is 10.7. The zero-order valence-corrected chi connectivity index (χ0v) is 18.5. The molecule has 1 aromatic carbocycles. The second kappa shape index (κ2) is 7.43. The molecule has 7 nitrogen and oxygen atoms in total. The van der Waals surface area contributed by atoms with Crippen molar-refractivity contribution in [3.63, 3.8) is 0 Å². The van der Waals surface area contributed by atoms with Crippen LogP contribution in [0, 0.1) is 18.0 Å². The van der Waals surface area contributed by atoms with Crippen molar-refractivity contribution in [2.45, 2.75) is 23.4 Å². The van der Waals surface area contributed by atoms with E-state index >= 15 is 0 Å². The topological polar surface area (TPSA) is 94.9 Å². The Morgan fingerprint density at radius 2 is 2.09 bits per heavy atom. The predicted octanol–water partition coefficient (Wildman–Crippen LogP) is 3.08. The van der Waals surface area contributed by atoms with Gasteiger partial charge >= 0.3 is 0 Å². The number of hydrogen-bond acceptors (Lipinski definition) is 7. The van der Waals surface area contributed by atoms with Gasteiger partial charge in [0, 0.05) is 54.2 Å². The van der Waals surface area contributed by atoms with Crippen LogP contribution >= 0.6 is 11.8 Å². The number of fused-ring (bicyclic) bond motifs is 4. The molecule has 2 aliphatic rings. The van der Waals surface area contributed by atoms with E-state index < -0.39 is 0 Å². The van der Waals surface area contributed by atoms with Crippen molar-refractivity contribution in [1.29, 1.82) is 0 Å². The van der Waals surface area contributed by atoms with Crippen molar-refractivity contribution in [2.24, 2.45) is 11.7 Å². The average Bonchev–Trinajstić information content (AvgIpc) is 3.14. The van der Waals surface area contributed by atoms with Gasteiger partial charge in [0.25, 0.3) is 0 Å². The van der Waals surface area contributed by atoms with Gasteiger partial charge in [0.05, 0.1) is 5.69 Å². The van der Waals surface area contributed by atoms with Crippen LogP contribution in [-0.2, 0) is 6.42 Å². The molecule has 2 N–H and O–H groups in total. The number of aryl methyl sites for hydroxylation is 1. The minimum absolute atomic E-state index is 0.507. The van der Waals surface area contributed by atoms with Crippen molar-refractivity contribution in [1.82, 2.24) is 15.0 Å². The zero-order chi connectivity index (χ0) is 21.8. The smallest absolute Gasteiger partial charge is 0.243 e. The quantitative estimate of drug-likeness (QED) is 0.260. The zero-order valence-electron chi connectivity index (χ0n) is 17.7. The first-order chi connectivity index (χ1) is 15.6. The van der Waals surface area contributed by atoms with E-state index in [1.807, 2.05) is 12.1 Å². The number of nitrogens with two attached hydrogens (primary N) is 1. The summed E-state index contributed by atoms with van der Waals surface area (Å²) in [6.07, 6.45) is 4.07. The summed E-state index contributed by atoms with van der Waals surface area (Å²) >= 11 is 1.44. The van der Waals surface area contributed by atoms with Crippen LogP contribution in [0.3, 0.4) is 0 Å². The van der Waals surface area contributed by atoms with Crippen molar-refractivity contribution in [3.05, 3.63) is 70.8 Å². The highest BCUT2D eigenvalue weighted by Gasteiger charge is 2.33. The SMILES string of the molecule is Cc1cccc2c1Cc1nc(Sc3cnc4ccc[n+]([O-])c4c3)nc(N3CC(CN)C3)c1-2. The molecule has 8 heteroatoms. The van der Waals surface area contributed by atoms with E-state index in [1.165, 1.54) is 34.6 Å². The van der Waals surface area contributed by atoms with Crippen LogP contribution in [0.2, 0.25) is 0 Å². The standard InChI is InChI=1S/C24H22N6OS/c1-14-4-2-5-17-18(14)9-20-22(17)23(29-12-15(10-25)13-29)28-24(27-20)32-16-8-21-19(26-11-16)6-3-7-30(21)31/h2-8,11,15H,9-10,12-13,25H2,1H3. The lowest BCUT2D eigenvalue weighted by Crippen LogP contribution is -2.50. The second-order valence-corrected chi connectivity index (χ2v) is 9.49. The molecule has 0 atom stereocenters. The maximum Gasteiger partial charge on any atom is 0.243 e. The molecule has 1 aliphatic heterocycles. The minimum Gasteiger partial charge on any atom is -0.618 e. The molecule has 6 rings (SSSR count). The molecule has 1 fully saturated rings. The predicted molar refractivity (Wildman–Crippen MR) is 125 cm³/mol. The number of hydrogen-bond donors (Lipinski definition) is 1. The molecule has 3 aromatic heterocycles. The third-order valence-corrected chi connectivity index (χ3v) is 7.18. The van der Waals surface area contributed by atoms with Gasteiger partial charge in [0.15, 0.2) is 11.4 Å². The number of nitrogens with zero attached hydrogens (tertiary/aromatic N) is 5. The Morgan fingerprint density at radius 1 is 1.22 bits per heavy atom. The average molecular weight is 443 g/mol. The van der Waals surface area contributed by atoms with Crippen LogP contribution in [0.1, 0.15) is 16.8 Å². The van der Waals surface area contributed by atoms with Gasteiger partial charge in [-0.05, 0) is 48.0 Å². The van der Waals surface area contributed by atoms with Crippen LogP contribution in [-0.4, -0.2) is 34.6 Å². The summed E-state index contributed by atoms with van der Waals surface area (Å²) in [6, 6.07) is 11.8. The Morgan fingerprint density at radius 3 is 2.94 bits per heavy atom. The van der Waals surface area contributed by atoms with E-state index in [4.69, 9.17) is 15.7 Å². The summed E-state index contributed by atoms with van der Waals surface area (Å²) in [5.41, 5.74) is 13.1. The van der Waals surface area contributed by atoms with E-state index in [2.05, 4.69) is 35.0 Å². The molecule has 160 valence electrons. The summed E-state index contributed by atoms with van der Waals surface area (Å²) < 4.78 is 0.841. The first kappa shape index (κ1) is 19.5. The summed E-state index contributed by atoms with van der Waals surface area (Å²) in [7, 11) is 0. The lowest BCUT2D eigenvalue weighted by Gasteiger charge is -2.40. The van der Waals surface area contributed by atoms with Crippen molar-refractivity contribution in [3.8, 4) is 11.1 Å². The summed E-state index contributed by atoms with van der Waals surface area (Å²) in [6.45, 7) is 4.68. The van der Waals surface area contributed by atoms with E-state index in [0.717, 1.165) is 46.2 Å². The van der Waals surface area contributed by atoms with E-state index in [0.29, 0.717) is 28.7 Å². The van der Waals surface area contributed by atoms with Crippen LogP contribution in [0.4, 0.5) is 5.82 Å². The lowest BCUT2D eigenvalue weighted by molar-refractivity contribution is -0.577. The maximum absolute atomic E-state index is 12.2. The number of benzene rings is 1. The molecule has 0 unspecified atom stereocenters. The highest BCUT2D eigenvalue weighted by molar-refractivity contribution is 7.99. The van der Waals surface area contributed by atoms with Gasteiger partial charge in [-0.2, -0.15) is 4.73 Å². The van der Waals surface area contributed by atoms with Crippen molar-refractivity contribution >= 4 is 28.6 Å². The fourth-order valence-electron chi connectivity index (χ4n) is 4.58. The molecule has 0 bridgehead atoms. The summed E-state index contributed by atoms with van der Waals surface area (Å²) in [5, 5.41) is 12.8. The molecule has 32 heavy (non-hydrogen) atoms. The van der Waals surface area contributed by atoms with E-state index in [9.17, 15) is 5.21 Å². The number of rotatable bonds is 4. The lowest BCUT2D eigenvalue weighted by atomic mass is 9.98. The number of anilines is 1. The molecular formula is C24H22N6OS. The van der Waals surface area contributed by atoms with Gasteiger partial charge in [0.1, 0.15) is 11.3 Å². The van der Waals surface area contributed by atoms with Crippen molar-refractivity contribution in [2.75, 3.05) is 24.5 Å². The largest absolute Gasteiger partial charge is 0.618 e. The van der Waals surface area contributed by atoms with E-state index in [1.54, 1.807) is 12.3 Å². The van der Waals surface area contributed by atoms with Gasteiger partial charge in [-0.3, -0.25) is 0 Å². The molecule has 4 heterocycles. The van der Waals surface area contributed by atoms with Gasteiger partial charge < -0.3 is 15.8 Å². The minimum atomic E-state index is 0.507. The Bertz CT molecular complexity index is 1370. The van der Waals surface area contributed by atoms with Gasteiger partial charge in [-0.25, -0.2) is 15.0 Å². The van der Waals surface area contributed by atoms with Crippen molar-refractivity contribution < 1.29 is 4.73 Å². The fraction of sp³-hybridized carbons (Fsp3) is 0.250. The molecule has 0 saturated carbocycles. The third-order valence-electron chi connectivity index (χ3n) is 6.35. The monoisotopic (exact) mass is 442 g/mol.